The van der Waals surface area contributed by atoms with Gasteiger partial charge in [-0.05, 0) is 36.4 Å². The number of carbonyl (C=O) groups is 1. The molecule has 2 unspecified atom stereocenters. The third-order valence-electron chi connectivity index (χ3n) is 5.96. The van der Waals surface area contributed by atoms with Crippen LogP contribution in [0.25, 0.3) is 0 Å². The highest BCUT2D eigenvalue weighted by molar-refractivity contribution is 7.89. The van der Waals surface area contributed by atoms with E-state index in [0.29, 0.717) is 31.2 Å². The highest BCUT2D eigenvalue weighted by Gasteiger charge is 2.45. The second kappa shape index (κ2) is 9.26. The smallest absolute Gasteiger partial charge is 0.269 e. The molecule has 0 aromatic heterocycles. The van der Waals surface area contributed by atoms with Crippen molar-refractivity contribution in [3.8, 4) is 0 Å². The van der Waals surface area contributed by atoms with Gasteiger partial charge in [0.1, 0.15) is 6.04 Å². The van der Waals surface area contributed by atoms with E-state index in [1.807, 2.05) is 4.90 Å². The summed E-state index contributed by atoms with van der Waals surface area (Å²) in [4.78, 5) is 27.3. The number of halogens is 1. The number of piperazine rings is 1. The van der Waals surface area contributed by atoms with Crippen LogP contribution in [0.2, 0.25) is 5.02 Å². The molecule has 2 aromatic rings. The molecular weight excluding hydrogens is 472 g/mol. The van der Waals surface area contributed by atoms with Crippen molar-refractivity contribution in [1.29, 1.82) is 0 Å². The summed E-state index contributed by atoms with van der Waals surface area (Å²) in [5.41, 5.74) is 0.824. The zero-order valence-electron chi connectivity index (χ0n) is 17.6. The topological polar surface area (TPSA) is 124 Å². The number of β-amino-alcohol motifs (C(OH)–C–C–N with tert-alkyl or cyclic N) is 1. The maximum absolute atomic E-state index is 13.2. The summed E-state index contributed by atoms with van der Waals surface area (Å²) in [7, 11) is -3.98. The fraction of sp³-hybridized carbons (Fsp3) is 0.381. The van der Waals surface area contributed by atoms with Gasteiger partial charge < -0.3 is 14.9 Å². The minimum atomic E-state index is -3.98. The van der Waals surface area contributed by atoms with Crippen LogP contribution < -0.4 is 4.90 Å². The van der Waals surface area contributed by atoms with Gasteiger partial charge in [-0.3, -0.25) is 14.9 Å². The lowest BCUT2D eigenvalue weighted by molar-refractivity contribution is -0.384. The Morgan fingerprint density at radius 3 is 2.21 bits per heavy atom. The Labute approximate surface area is 196 Å². The highest BCUT2D eigenvalue weighted by Crippen LogP contribution is 2.29. The first-order valence-electron chi connectivity index (χ1n) is 10.4. The molecule has 33 heavy (non-hydrogen) atoms. The van der Waals surface area contributed by atoms with E-state index in [1.54, 1.807) is 17.0 Å². The van der Waals surface area contributed by atoms with E-state index in [1.165, 1.54) is 36.4 Å². The summed E-state index contributed by atoms with van der Waals surface area (Å²) < 4.78 is 27.4. The first-order chi connectivity index (χ1) is 15.7. The van der Waals surface area contributed by atoms with Gasteiger partial charge in [-0.25, -0.2) is 8.42 Å². The van der Waals surface area contributed by atoms with E-state index in [9.17, 15) is 28.4 Å². The van der Waals surface area contributed by atoms with E-state index in [2.05, 4.69) is 0 Å². The summed E-state index contributed by atoms with van der Waals surface area (Å²) in [5, 5.41) is 21.4. The summed E-state index contributed by atoms with van der Waals surface area (Å²) >= 11 is 5.86. The Hall–Kier alpha value is -2.73. The van der Waals surface area contributed by atoms with Crippen LogP contribution in [-0.2, 0) is 14.8 Å². The number of aliphatic hydroxyl groups excluding tert-OH is 1. The summed E-state index contributed by atoms with van der Waals surface area (Å²) in [6.45, 7) is 1.60. The number of rotatable bonds is 5. The van der Waals surface area contributed by atoms with Gasteiger partial charge in [-0.1, -0.05) is 11.6 Å². The lowest BCUT2D eigenvalue weighted by Gasteiger charge is -2.38. The number of nitrogens with zero attached hydrogens (tertiary/aromatic N) is 4. The molecule has 2 fully saturated rings. The predicted molar refractivity (Wildman–Crippen MR) is 122 cm³/mol. The standard InChI is InChI=1S/C21H23ClN4O6S/c22-15-1-7-19(8-2-15)33(31,32)25-14-18(27)13-20(25)21(28)24-11-9-23(10-12-24)16-3-5-17(6-4-16)26(29)30/h1-8,18,20,27H,9-14H2. The second-order valence-electron chi connectivity index (χ2n) is 8.02. The fourth-order valence-electron chi connectivity index (χ4n) is 4.20. The number of anilines is 1. The van der Waals surface area contributed by atoms with Crippen molar-refractivity contribution >= 4 is 38.9 Å². The monoisotopic (exact) mass is 494 g/mol. The lowest BCUT2D eigenvalue weighted by Crippen LogP contribution is -2.54. The third-order valence-corrected chi connectivity index (χ3v) is 8.10. The Morgan fingerprint density at radius 1 is 1.03 bits per heavy atom. The van der Waals surface area contributed by atoms with Crippen molar-refractivity contribution in [3.63, 3.8) is 0 Å². The molecular formula is C21H23ClN4O6S. The fourth-order valence-corrected chi connectivity index (χ4v) is 5.95. The number of non-ortho nitro benzene ring substituents is 1. The van der Waals surface area contributed by atoms with E-state index < -0.39 is 27.1 Å². The van der Waals surface area contributed by atoms with Crippen molar-refractivity contribution in [1.82, 2.24) is 9.21 Å². The third kappa shape index (κ3) is 4.81. The number of carbonyl (C=O) groups excluding carboxylic acids is 1. The molecule has 2 heterocycles. The number of nitro groups is 1. The molecule has 0 saturated carbocycles. The molecule has 2 atom stereocenters. The number of amides is 1. The molecule has 10 nitrogen and oxygen atoms in total. The van der Waals surface area contributed by atoms with E-state index >= 15 is 0 Å². The maximum Gasteiger partial charge on any atom is 0.269 e. The zero-order valence-corrected chi connectivity index (χ0v) is 19.2. The average Bonchev–Trinajstić information content (AvgIpc) is 3.21. The Balaban J connectivity index is 1.45. The molecule has 4 rings (SSSR count). The van der Waals surface area contributed by atoms with Crippen LogP contribution in [0, 0.1) is 10.1 Å². The van der Waals surface area contributed by atoms with Crippen LogP contribution in [0.5, 0.6) is 0 Å². The number of benzene rings is 2. The molecule has 0 aliphatic carbocycles. The van der Waals surface area contributed by atoms with Gasteiger partial charge in [0, 0.05) is 62.0 Å². The highest BCUT2D eigenvalue weighted by atomic mass is 35.5. The maximum atomic E-state index is 13.2. The van der Waals surface area contributed by atoms with Crippen LogP contribution in [0.15, 0.2) is 53.4 Å². The molecule has 2 saturated heterocycles. The number of sulfonamides is 1. The Bertz CT molecular complexity index is 1130. The van der Waals surface area contributed by atoms with Gasteiger partial charge in [0.05, 0.1) is 15.9 Å². The van der Waals surface area contributed by atoms with Gasteiger partial charge >= 0.3 is 0 Å². The molecule has 2 aliphatic heterocycles. The molecule has 1 N–H and O–H groups in total. The van der Waals surface area contributed by atoms with Gasteiger partial charge in [0.2, 0.25) is 15.9 Å². The molecule has 0 bridgehead atoms. The first kappa shape index (κ1) is 23.4. The number of hydrogen-bond acceptors (Lipinski definition) is 7. The normalized spacial score (nSPS) is 21.9. The van der Waals surface area contributed by atoms with E-state index in [-0.39, 0.29) is 29.5 Å². The molecule has 0 radical (unpaired) electrons. The Morgan fingerprint density at radius 2 is 1.64 bits per heavy atom. The van der Waals surface area contributed by atoms with Crippen LogP contribution in [0.4, 0.5) is 11.4 Å². The minimum absolute atomic E-state index is 0.00865. The number of hydrogen-bond donors (Lipinski definition) is 1. The van der Waals surface area contributed by atoms with Crippen LogP contribution in [0.1, 0.15) is 6.42 Å². The predicted octanol–water partition coefficient (Wildman–Crippen LogP) is 1.72. The molecule has 176 valence electrons. The van der Waals surface area contributed by atoms with E-state index in [4.69, 9.17) is 11.6 Å². The summed E-state index contributed by atoms with van der Waals surface area (Å²) in [6, 6.07) is 10.9. The van der Waals surface area contributed by atoms with Gasteiger partial charge in [-0.15, -0.1) is 0 Å². The SMILES string of the molecule is O=C(C1CC(O)CN1S(=O)(=O)c1ccc(Cl)cc1)N1CCN(c2ccc([N+](=O)[O-])cc2)CC1. The summed E-state index contributed by atoms with van der Waals surface area (Å²) in [6.07, 6.45) is -0.892. The largest absolute Gasteiger partial charge is 0.392 e. The van der Waals surface area contributed by atoms with Gasteiger partial charge in [-0.2, -0.15) is 4.31 Å². The van der Waals surface area contributed by atoms with Gasteiger partial charge in [0.25, 0.3) is 5.69 Å². The molecule has 2 aliphatic rings. The number of aliphatic hydroxyl groups is 1. The average molecular weight is 495 g/mol. The Kier molecular flexibility index (Phi) is 6.57. The van der Waals surface area contributed by atoms with Crippen molar-refractivity contribution in [2.24, 2.45) is 0 Å². The summed E-state index contributed by atoms with van der Waals surface area (Å²) in [5.74, 6) is -0.340. The van der Waals surface area contributed by atoms with Crippen molar-refractivity contribution < 1.29 is 23.2 Å². The van der Waals surface area contributed by atoms with Crippen molar-refractivity contribution in [2.75, 3.05) is 37.6 Å². The van der Waals surface area contributed by atoms with E-state index in [0.717, 1.165) is 9.99 Å². The van der Waals surface area contributed by atoms with Crippen LogP contribution >= 0.6 is 11.6 Å². The lowest BCUT2D eigenvalue weighted by atomic mass is 10.1. The van der Waals surface area contributed by atoms with Crippen LogP contribution in [0.3, 0.4) is 0 Å². The van der Waals surface area contributed by atoms with Crippen molar-refractivity contribution in [2.45, 2.75) is 23.5 Å². The molecule has 2 aromatic carbocycles. The molecule has 0 spiro atoms. The first-order valence-corrected chi connectivity index (χ1v) is 12.2. The number of nitro benzene ring substituents is 1. The zero-order chi connectivity index (χ0) is 23.8. The quantitative estimate of drug-likeness (QED) is 0.495. The molecule has 12 heteroatoms. The van der Waals surface area contributed by atoms with Crippen LogP contribution in [-0.4, -0.2) is 78.4 Å². The molecule has 1 amide bonds. The second-order valence-corrected chi connectivity index (χ2v) is 10.3. The van der Waals surface area contributed by atoms with Gasteiger partial charge in [0.15, 0.2) is 0 Å². The van der Waals surface area contributed by atoms with Crippen molar-refractivity contribution in [3.05, 3.63) is 63.7 Å². The minimum Gasteiger partial charge on any atom is -0.392 e.